The number of benzene rings is 1. The van der Waals surface area contributed by atoms with Crippen molar-refractivity contribution in [3.63, 3.8) is 0 Å². The number of aromatic nitrogens is 4. The molecule has 2 aromatic heterocycles. The molecule has 0 radical (unpaired) electrons. The SMILES string of the molecule is NC1CC(C2CCN(c3nc4c(cnn4-c4ccccc4)c(=O)[nH]3)CC2)NN1. The molecule has 9 heteroatoms. The van der Waals surface area contributed by atoms with Crippen LogP contribution in [-0.4, -0.2) is 45.0 Å². The summed E-state index contributed by atoms with van der Waals surface area (Å²) in [7, 11) is 0. The van der Waals surface area contributed by atoms with Crippen LogP contribution in [0.25, 0.3) is 16.7 Å². The van der Waals surface area contributed by atoms with E-state index in [1.54, 1.807) is 10.9 Å². The van der Waals surface area contributed by atoms with Crippen LogP contribution in [0.4, 0.5) is 5.95 Å². The monoisotopic (exact) mass is 380 g/mol. The first-order chi connectivity index (χ1) is 13.7. The number of rotatable bonds is 3. The summed E-state index contributed by atoms with van der Waals surface area (Å²) in [6, 6.07) is 10.2. The minimum Gasteiger partial charge on any atom is -0.342 e. The Labute approximate surface area is 161 Å². The van der Waals surface area contributed by atoms with Crippen LogP contribution in [0.15, 0.2) is 41.3 Å². The molecular weight excluding hydrogens is 356 g/mol. The van der Waals surface area contributed by atoms with E-state index in [1.807, 2.05) is 30.3 Å². The summed E-state index contributed by atoms with van der Waals surface area (Å²) in [5, 5.41) is 4.87. The fourth-order valence-corrected chi connectivity index (χ4v) is 4.24. The van der Waals surface area contributed by atoms with Gasteiger partial charge in [-0.05, 0) is 37.3 Å². The number of nitrogens with zero attached hydrogens (tertiary/aromatic N) is 4. The quantitative estimate of drug-likeness (QED) is 0.522. The molecule has 0 amide bonds. The molecule has 0 saturated carbocycles. The van der Waals surface area contributed by atoms with Gasteiger partial charge < -0.3 is 10.6 Å². The fourth-order valence-electron chi connectivity index (χ4n) is 4.24. The fraction of sp³-hybridized carbons (Fsp3) is 0.421. The Morgan fingerprint density at radius 3 is 2.61 bits per heavy atom. The van der Waals surface area contributed by atoms with Crippen molar-refractivity contribution in [2.75, 3.05) is 18.0 Å². The van der Waals surface area contributed by atoms with Gasteiger partial charge in [-0.2, -0.15) is 10.1 Å². The minimum absolute atomic E-state index is 0.0294. The van der Waals surface area contributed by atoms with E-state index in [0.29, 0.717) is 28.9 Å². The van der Waals surface area contributed by atoms with Crippen LogP contribution >= 0.6 is 0 Å². The Bertz CT molecular complexity index is 1020. The van der Waals surface area contributed by atoms with Gasteiger partial charge in [-0.1, -0.05) is 18.2 Å². The number of hydrazine groups is 1. The van der Waals surface area contributed by atoms with Gasteiger partial charge in [0, 0.05) is 19.1 Å². The normalized spacial score (nSPS) is 23.5. The number of fused-ring (bicyclic) bond motifs is 1. The van der Waals surface area contributed by atoms with E-state index in [4.69, 9.17) is 10.7 Å². The highest BCUT2D eigenvalue weighted by molar-refractivity contribution is 5.76. The zero-order valence-corrected chi connectivity index (χ0v) is 15.5. The maximum absolute atomic E-state index is 12.6. The van der Waals surface area contributed by atoms with Crippen molar-refractivity contribution in [3.8, 4) is 5.69 Å². The van der Waals surface area contributed by atoms with E-state index in [2.05, 4.69) is 25.8 Å². The number of piperidine rings is 1. The lowest BCUT2D eigenvalue weighted by atomic mass is 9.88. The molecule has 0 aliphatic carbocycles. The lowest BCUT2D eigenvalue weighted by Gasteiger charge is -2.34. The second kappa shape index (κ2) is 7.01. The van der Waals surface area contributed by atoms with Gasteiger partial charge in [0.2, 0.25) is 5.95 Å². The first-order valence-electron chi connectivity index (χ1n) is 9.74. The molecule has 2 aliphatic heterocycles. The van der Waals surface area contributed by atoms with Gasteiger partial charge in [0.25, 0.3) is 5.56 Å². The molecule has 3 aromatic rings. The van der Waals surface area contributed by atoms with Crippen molar-refractivity contribution in [1.82, 2.24) is 30.6 Å². The van der Waals surface area contributed by atoms with E-state index in [0.717, 1.165) is 38.0 Å². The summed E-state index contributed by atoms with van der Waals surface area (Å²) >= 11 is 0. The number of nitrogens with one attached hydrogen (secondary N) is 3. The number of hydrogen-bond acceptors (Lipinski definition) is 7. The molecule has 5 N–H and O–H groups in total. The van der Waals surface area contributed by atoms with Crippen molar-refractivity contribution < 1.29 is 0 Å². The van der Waals surface area contributed by atoms with Crippen LogP contribution in [0.3, 0.4) is 0 Å². The van der Waals surface area contributed by atoms with Crippen molar-refractivity contribution in [1.29, 1.82) is 0 Å². The maximum Gasteiger partial charge on any atom is 0.263 e. The van der Waals surface area contributed by atoms with E-state index in [1.165, 1.54) is 0 Å². The number of para-hydroxylation sites is 1. The summed E-state index contributed by atoms with van der Waals surface area (Å²) in [6.07, 6.45) is 4.62. The van der Waals surface area contributed by atoms with Crippen LogP contribution in [0.2, 0.25) is 0 Å². The van der Waals surface area contributed by atoms with Crippen LogP contribution in [0.5, 0.6) is 0 Å². The van der Waals surface area contributed by atoms with E-state index in [9.17, 15) is 4.79 Å². The molecule has 2 atom stereocenters. The largest absolute Gasteiger partial charge is 0.342 e. The zero-order chi connectivity index (χ0) is 19.1. The highest BCUT2D eigenvalue weighted by Gasteiger charge is 2.32. The predicted octanol–water partition coefficient (Wildman–Crippen LogP) is 0.477. The second-order valence-corrected chi connectivity index (χ2v) is 7.58. The van der Waals surface area contributed by atoms with Crippen LogP contribution in [-0.2, 0) is 0 Å². The molecule has 4 heterocycles. The van der Waals surface area contributed by atoms with Crippen molar-refractivity contribution in [3.05, 3.63) is 46.9 Å². The molecule has 28 heavy (non-hydrogen) atoms. The van der Waals surface area contributed by atoms with Crippen LogP contribution in [0.1, 0.15) is 19.3 Å². The van der Waals surface area contributed by atoms with Gasteiger partial charge in [0.05, 0.1) is 18.1 Å². The average molecular weight is 380 g/mol. The summed E-state index contributed by atoms with van der Waals surface area (Å²) in [5.74, 6) is 1.19. The third kappa shape index (κ3) is 3.07. The Kier molecular flexibility index (Phi) is 4.34. The average Bonchev–Trinajstić information content (AvgIpc) is 3.35. The first-order valence-corrected chi connectivity index (χ1v) is 9.74. The molecule has 2 unspecified atom stereocenters. The molecule has 2 fully saturated rings. The molecule has 146 valence electrons. The van der Waals surface area contributed by atoms with Crippen LogP contribution < -0.4 is 27.0 Å². The third-order valence-corrected chi connectivity index (χ3v) is 5.80. The summed E-state index contributed by atoms with van der Waals surface area (Å²) in [6.45, 7) is 1.71. The highest BCUT2D eigenvalue weighted by Crippen LogP contribution is 2.26. The molecule has 2 saturated heterocycles. The van der Waals surface area contributed by atoms with Gasteiger partial charge in [-0.3, -0.25) is 15.2 Å². The topological polar surface area (TPSA) is 117 Å². The highest BCUT2D eigenvalue weighted by atomic mass is 16.1. The minimum atomic E-state index is -0.156. The second-order valence-electron chi connectivity index (χ2n) is 7.58. The molecule has 2 aliphatic rings. The van der Waals surface area contributed by atoms with Crippen LogP contribution in [0, 0.1) is 5.92 Å². The Balaban J connectivity index is 1.40. The molecular formula is C19H24N8O. The van der Waals surface area contributed by atoms with Gasteiger partial charge in [0.1, 0.15) is 5.39 Å². The molecule has 9 nitrogen and oxygen atoms in total. The molecule has 1 aromatic carbocycles. The van der Waals surface area contributed by atoms with Gasteiger partial charge in [-0.15, -0.1) is 0 Å². The number of hydrogen-bond donors (Lipinski definition) is 4. The molecule has 0 bridgehead atoms. The van der Waals surface area contributed by atoms with Gasteiger partial charge >= 0.3 is 0 Å². The standard InChI is InChI=1S/C19H24N8O/c20-16-10-15(24-25-16)12-6-8-26(9-7-12)19-22-17-14(18(28)23-19)11-21-27(17)13-4-2-1-3-5-13/h1-5,11-12,15-16,24-25H,6-10,20H2,(H,22,23,28). The summed E-state index contributed by atoms with van der Waals surface area (Å²) < 4.78 is 1.72. The summed E-state index contributed by atoms with van der Waals surface area (Å²) in [5.41, 5.74) is 13.7. The van der Waals surface area contributed by atoms with Crippen molar-refractivity contribution in [2.24, 2.45) is 11.7 Å². The predicted molar refractivity (Wildman–Crippen MR) is 107 cm³/mol. The van der Waals surface area contributed by atoms with Gasteiger partial charge in [0.15, 0.2) is 5.65 Å². The lowest BCUT2D eigenvalue weighted by molar-refractivity contribution is 0.309. The lowest BCUT2D eigenvalue weighted by Crippen LogP contribution is -2.44. The third-order valence-electron chi connectivity index (χ3n) is 5.80. The molecule has 0 spiro atoms. The smallest absolute Gasteiger partial charge is 0.263 e. The van der Waals surface area contributed by atoms with E-state index >= 15 is 0 Å². The summed E-state index contributed by atoms with van der Waals surface area (Å²) in [4.78, 5) is 22.4. The number of anilines is 1. The van der Waals surface area contributed by atoms with E-state index < -0.39 is 0 Å². The number of nitrogens with two attached hydrogens (primary N) is 1. The Hall–Kier alpha value is -2.75. The Morgan fingerprint density at radius 1 is 1.11 bits per heavy atom. The number of H-pyrrole nitrogens is 1. The van der Waals surface area contributed by atoms with E-state index in [-0.39, 0.29) is 11.7 Å². The Morgan fingerprint density at radius 2 is 1.89 bits per heavy atom. The van der Waals surface area contributed by atoms with Crippen molar-refractivity contribution >= 4 is 17.0 Å². The maximum atomic E-state index is 12.6. The van der Waals surface area contributed by atoms with Crippen molar-refractivity contribution in [2.45, 2.75) is 31.5 Å². The molecule has 5 rings (SSSR count). The zero-order valence-electron chi connectivity index (χ0n) is 15.5. The van der Waals surface area contributed by atoms with Gasteiger partial charge in [-0.25, -0.2) is 10.1 Å². The first kappa shape index (κ1) is 17.4. The number of aromatic amines is 1.